The molecule has 2 atom stereocenters. The van der Waals surface area contributed by atoms with E-state index in [9.17, 15) is 8.42 Å². The highest BCUT2D eigenvalue weighted by Gasteiger charge is 2.60. The number of ether oxygens (including phenoxy) is 1. The van der Waals surface area contributed by atoms with Crippen LogP contribution in [0.4, 0.5) is 15.9 Å². The second kappa shape index (κ2) is 9.34. The number of rotatable bonds is 5. The molecular weight excluding hydrogens is 529 g/mol. The molecule has 11 heteroatoms. The molecule has 2 aliphatic rings. The van der Waals surface area contributed by atoms with Gasteiger partial charge >= 0.3 is 0 Å². The zero-order valence-corrected chi connectivity index (χ0v) is 23.3. The summed E-state index contributed by atoms with van der Waals surface area (Å²) in [6.45, 7) is 6.33. The number of halogens is 2. The molecule has 3 N–H and O–H groups in total. The Balaban J connectivity index is 1.64. The SMILES string of the molecule is CC(C)Cc1c(Cl)cnc2c(Nc3ccc4c(c3)C3(CF)N=C(N)C(C)(C)S(=O)(=O)C3CCO4)nccc12. The van der Waals surface area contributed by atoms with Gasteiger partial charge in [-0.05, 0) is 56.0 Å². The van der Waals surface area contributed by atoms with Gasteiger partial charge < -0.3 is 15.8 Å². The first-order valence-corrected chi connectivity index (χ1v) is 14.5. The maximum Gasteiger partial charge on any atom is 0.168 e. The van der Waals surface area contributed by atoms with Gasteiger partial charge in [0.2, 0.25) is 0 Å². The average Bonchev–Trinajstić information content (AvgIpc) is 3.02. The van der Waals surface area contributed by atoms with Crippen LogP contribution in [0.1, 0.15) is 45.2 Å². The van der Waals surface area contributed by atoms with Gasteiger partial charge in [-0.2, -0.15) is 0 Å². The van der Waals surface area contributed by atoms with Crippen LogP contribution in [-0.4, -0.2) is 47.5 Å². The molecule has 0 saturated carbocycles. The molecule has 0 aliphatic carbocycles. The summed E-state index contributed by atoms with van der Waals surface area (Å²) in [5, 5.41) is 3.64. The van der Waals surface area contributed by atoms with E-state index in [1.54, 1.807) is 30.6 Å². The number of sulfone groups is 1. The summed E-state index contributed by atoms with van der Waals surface area (Å²) in [7, 11) is -3.90. The maximum atomic E-state index is 15.0. The quantitative estimate of drug-likeness (QED) is 0.446. The molecule has 0 radical (unpaired) electrons. The van der Waals surface area contributed by atoms with E-state index in [-0.39, 0.29) is 18.9 Å². The minimum absolute atomic E-state index is 0.0953. The lowest BCUT2D eigenvalue weighted by Crippen LogP contribution is -2.61. The van der Waals surface area contributed by atoms with Gasteiger partial charge in [0.15, 0.2) is 15.7 Å². The molecule has 0 bridgehead atoms. The topological polar surface area (TPSA) is 120 Å². The lowest BCUT2D eigenvalue weighted by atomic mass is 9.85. The molecular formula is C27H31ClFN5O3S. The van der Waals surface area contributed by atoms with Gasteiger partial charge in [-0.25, -0.2) is 17.8 Å². The number of hydrogen-bond acceptors (Lipinski definition) is 8. The summed E-state index contributed by atoms with van der Waals surface area (Å²) in [6, 6.07) is 7.01. The Morgan fingerprint density at radius 2 is 2.03 bits per heavy atom. The van der Waals surface area contributed by atoms with Crippen molar-refractivity contribution in [3.63, 3.8) is 0 Å². The van der Waals surface area contributed by atoms with Gasteiger partial charge in [0.1, 0.15) is 34.1 Å². The molecule has 2 aromatic heterocycles. The Morgan fingerprint density at radius 3 is 2.74 bits per heavy atom. The summed E-state index contributed by atoms with van der Waals surface area (Å²) < 4.78 is 46.8. The van der Waals surface area contributed by atoms with Crippen molar-refractivity contribution in [1.29, 1.82) is 0 Å². The zero-order chi connectivity index (χ0) is 27.5. The summed E-state index contributed by atoms with van der Waals surface area (Å²) in [5.41, 5.74) is 6.96. The van der Waals surface area contributed by atoms with Crippen molar-refractivity contribution in [2.75, 3.05) is 18.6 Å². The predicted molar refractivity (Wildman–Crippen MR) is 149 cm³/mol. The Morgan fingerprint density at radius 1 is 1.26 bits per heavy atom. The number of benzene rings is 1. The number of hydrogen-bond donors (Lipinski definition) is 2. The first kappa shape index (κ1) is 26.6. The van der Waals surface area contributed by atoms with Crippen molar-refractivity contribution in [2.24, 2.45) is 16.6 Å². The van der Waals surface area contributed by atoms with Crippen LogP contribution in [0.2, 0.25) is 5.02 Å². The molecule has 1 aromatic carbocycles. The molecule has 202 valence electrons. The number of amidine groups is 1. The molecule has 2 aliphatic heterocycles. The summed E-state index contributed by atoms with van der Waals surface area (Å²) in [4.78, 5) is 13.6. The zero-order valence-electron chi connectivity index (χ0n) is 21.8. The standard InChI is InChI=1S/C27H31ClFN5O3S/c1-15(2)11-18-17-7-9-31-24(23(17)32-13-20(18)28)33-16-5-6-21-19(12-16)27(14-29)22(8-10-37-21)38(35,36)26(3,4)25(30)34-27/h5-7,9,12-13,15,22H,8,10-11,14H2,1-4H3,(H2,30,34)(H,31,33). The van der Waals surface area contributed by atoms with Crippen molar-refractivity contribution in [3.8, 4) is 5.75 Å². The number of fused-ring (bicyclic) bond motifs is 4. The molecule has 3 aromatic rings. The van der Waals surface area contributed by atoms with Crippen LogP contribution < -0.4 is 15.8 Å². The van der Waals surface area contributed by atoms with Crippen LogP contribution in [0.5, 0.6) is 5.75 Å². The van der Waals surface area contributed by atoms with Crippen molar-refractivity contribution < 1.29 is 17.5 Å². The molecule has 4 heterocycles. The van der Waals surface area contributed by atoms with Gasteiger partial charge in [-0.1, -0.05) is 25.4 Å². The van der Waals surface area contributed by atoms with E-state index in [2.05, 4.69) is 34.1 Å². The summed E-state index contributed by atoms with van der Waals surface area (Å²) in [6.07, 6.45) is 4.17. The Hall–Kier alpha value is -2.98. The van der Waals surface area contributed by atoms with Gasteiger partial charge in [0, 0.05) is 35.5 Å². The fraction of sp³-hybridized carbons (Fsp3) is 0.444. The van der Waals surface area contributed by atoms with E-state index in [1.165, 1.54) is 13.8 Å². The molecule has 8 nitrogen and oxygen atoms in total. The minimum Gasteiger partial charge on any atom is -0.493 e. The highest BCUT2D eigenvalue weighted by molar-refractivity contribution is 7.94. The van der Waals surface area contributed by atoms with Gasteiger partial charge in [-0.15, -0.1) is 0 Å². The van der Waals surface area contributed by atoms with E-state index >= 15 is 4.39 Å². The van der Waals surface area contributed by atoms with Gasteiger partial charge in [-0.3, -0.25) is 9.98 Å². The number of nitrogens with one attached hydrogen (secondary N) is 1. The average molecular weight is 560 g/mol. The third-order valence-electron chi connectivity index (χ3n) is 7.56. The number of alkyl halides is 1. The normalized spacial score (nSPS) is 23.7. The van der Waals surface area contributed by atoms with E-state index < -0.39 is 32.0 Å². The monoisotopic (exact) mass is 559 g/mol. The van der Waals surface area contributed by atoms with Crippen LogP contribution in [0.25, 0.3) is 10.9 Å². The highest BCUT2D eigenvalue weighted by Crippen LogP contribution is 2.49. The summed E-state index contributed by atoms with van der Waals surface area (Å²) in [5.74, 6) is 1.14. The van der Waals surface area contributed by atoms with Crippen molar-refractivity contribution in [2.45, 2.75) is 56.1 Å². The van der Waals surface area contributed by atoms with Crippen LogP contribution in [-0.2, 0) is 21.8 Å². The minimum atomic E-state index is -3.90. The first-order valence-electron chi connectivity index (χ1n) is 12.5. The van der Waals surface area contributed by atoms with Crippen LogP contribution in [0, 0.1) is 5.92 Å². The fourth-order valence-corrected chi connectivity index (χ4v) is 7.78. The Labute approximate surface area is 226 Å². The largest absolute Gasteiger partial charge is 0.493 e. The third kappa shape index (κ3) is 4.00. The number of nitrogens with two attached hydrogens (primary N) is 1. The van der Waals surface area contributed by atoms with Crippen LogP contribution in [0.15, 0.2) is 41.7 Å². The molecule has 0 fully saturated rings. The Kier molecular flexibility index (Phi) is 6.54. The fourth-order valence-electron chi connectivity index (χ4n) is 5.34. The predicted octanol–water partition coefficient (Wildman–Crippen LogP) is 5.11. The van der Waals surface area contributed by atoms with Crippen molar-refractivity contribution in [1.82, 2.24) is 9.97 Å². The van der Waals surface area contributed by atoms with Crippen molar-refractivity contribution >= 4 is 49.7 Å². The molecule has 0 saturated heterocycles. The van der Waals surface area contributed by atoms with Crippen molar-refractivity contribution in [3.05, 3.63) is 52.8 Å². The number of anilines is 2. The molecule has 0 spiro atoms. The lowest BCUT2D eigenvalue weighted by Gasteiger charge is -2.43. The van der Waals surface area contributed by atoms with E-state index in [4.69, 9.17) is 22.1 Å². The molecule has 38 heavy (non-hydrogen) atoms. The van der Waals surface area contributed by atoms with E-state index in [0.29, 0.717) is 39.3 Å². The number of pyridine rings is 2. The van der Waals surface area contributed by atoms with Crippen LogP contribution >= 0.6 is 11.6 Å². The maximum absolute atomic E-state index is 15.0. The summed E-state index contributed by atoms with van der Waals surface area (Å²) >= 11 is 6.48. The lowest BCUT2D eigenvalue weighted by molar-refractivity contribution is 0.279. The van der Waals surface area contributed by atoms with E-state index in [0.717, 1.165) is 17.4 Å². The van der Waals surface area contributed by atoms with Gasteiger partial charge in [0.25, 0.3) is 0 Å². The number of nitrogens with zero attached hydrogens (tertiary/aromatic N) is 3. The van der Waals surface area contributed by atoms with Crippen LogP contribution in [0.3, 0.4) is 0 Å². The molecule has 0 amide bonds. The number of aliphatic imine (C=N–C) groups is 1. The smallest absolute Gasteiger partial charge is 0.168 e. The molecule has 5 rings (SSSR count). The third-order valence-corrected chi connectivity index (χ3v) is 10.9. The second-order valence-electron chi connectivity index (χ2n) is 10.8. The second-order valence-corrected chi connectivity index (χ2v) is 13.9. The number of aromatic nitrogens is 2. The first-order chi connectivity index (χ1) is 17.9. The highest BCUT2D eigenvalue weighted by atomic mass is 35.5. The Bertz CT molecular complexity index is 1560. The van der Waals surface area contributed by atoms with E-state index in [1.807, 2.05) is 6.07 Å². The van der Waals surface area contributed by atoms with Gasteiger partial charge in [0.05, 0.1) is 16.9 Å². The molecule has 2 unspecified atom stereocenters.